The molecular weight excluding hydrogens is 458 g/mol. The van der Waals surface area contributed by atoms with Crippen LogP contribution in [0.2, 0.25) is 0 Å². The maximum atomic E-state index is 12.7. The average molecular weight is 496 g/mol. The van der Waals surface area contributed by atoms with Crippen molar-refractivity contribution in [3.8, 4) is 11.5 Å². The molecule has 2 rings (SSSR count). The number of ether oxygens (including phenoxy) is 2. The van der Waals surface area contributed by atoms with Crippen molar-refractivity contribution in [1.29, 1.82) is 0 Å². The molecule has 0 radical (unpaired) electrons. The molecule has 0 bridgehead atoms. The van der Waals surface area contributed by atoms with E-state index in [0.29, 0.717) is 48.3 Å². The molecule has 0 aliphatic carbocycles. The highest BCUT2D eigenvalue weighted by Gasteiger charge is 2.21. The molecular formula is C28H37N3O5. The lowest BCUT2D eigenvalue weighted by Gasteiger charge is -2.19. The Morgan fingerprint density at radius 3 is 1.89 bits per heavy atom. The van der Waals surface area contributed by atoms with Gasteiger partial charge in [0.2, 0.25) is 5.91 Å². The number of carbonyl (C=O) groups excluding carboxylic acids is 3. The standard InChI is InChI=1S/C28H37N3O5/c1-8-18-14-20(16-23(26(18)36-7)28(34)31-5)21(11-9-10-12-24(32)29-3)19-13-17(2)25(35-6)22(15-19)27(33)30-4/h11,13-16H,8-10,12H2,1-7H3,(H,29,32)(H,30,33)(H,31,34)/b21-11+. The molecule has 0 spiro atoms. The van der Waals surface area contributed by atoms with Gasteiger partial charge in [0.05, 0.1) is 25.3 Å². The Kier molecular flexibility index (Phi) is 10.5. The molecule has 0 unspecified atom stereocenters. The quantitative estimate of drug-likeness (QED) is 0.413. The Morgan fingerprint density at radius 1 is 0.833 bits per heavy atom. The van der Waals surface area contributed by atoms with E-state index in [9.17, 15) is 14.4 Å². The van der Waals surface area contributed by atoms with Crippen LogP contribution in [0.1, 0.15) is 69.2 Å². The predicted octanol–water partition coefficient (Wildman–Crippen LogP) is 3.64. The summed E-state index contributed by atoms with van der Waals surface area (Å²) in [5, 5.41) is 8.00. The van der Waals surface area contributed by atoms with Gasteiger partial charge >= 0.3 is 0 Å². The zero-order chi connectivity index (χ0) is 26.8. The molecule has 0 saturated carbocycles. The minimum absolute atomic E-state index is 0.0215. The van der Waals surface area contributed by atoms with Crippen LogP contribution in [0.3, 0.4) is 0 Å². The van der Waals surface area contributed by atoms with E-state index in [1.54, 1.807) is 40.4 Å². The topological polar surface area (TPSA) is 106 Å². The Morgan fingerprint density at radius 2 is 1.39 bits per heavy atom. The summed E-state index contributed by atoms with van der Waals surface area (Å²) in [4.78, 5) is 37.1. The Labute approximate surface area is 213 Å². The number of hydrogen-bond donors (Lipinski definition) is 3. The second kappa shape index (κ2) is 13.3. The lowest BCUT2D eigenvalue weighted by molar-refractivity contribution is -0.120. The van der Waals surface area contributed by atoms with Gasteiger partial charge in [-0.1, -0.05) is 13.0 Å². The van der Waals surface area contributed by atoms with Crippen molar-refractivity contribution in [3.05, 3.63) is 63.7 Å². The zero-order valence-electron chi connectivity index (χ0n) is 22.3. The van der Waals surface area contributed by atoms with Crippen LogP contribution in [0, 0.1) is 6.92 Å². The van der Waals surface area contributed by atoms with Crippen molar-refractivity contribution in [2.45, 2.75) is 39.5 Å². The molecule has 0 heterocycles. The van der Waals surface area contributed by atoms with Gasteiger partial charge in [0.25, 0.3) is 11.8 Å². The first kappa shape index (κ1) is 28.4. The Hall–Kier alpha value is -3.81. The van der Waals surface area contributed by atoms with E-state index in [-0.39, 0.29) is 17.7 Å². The minimum atomic E-state index is -0.259. The molecule has 0 atom stereocenters. The summed E-state index contributed by atoms with van der Waals surface area (Å²) in [6.07, 6.45) is 4.39. The molecule has 194 valence electrons. The van der Waals surface area contributed by atoms with E-state index in [1.807, 2.05) is 32.1 Å². The van der Waals surface area contributed by atoms with Gasteiger partial charge in [-0.3, -0.25) is 14.4 Å². The summed E-state index contributed by atoms with van der Waals surface area (Å²) in [5.74, 6) is 0.514. The van der Waals surface area contributed by atoms with Crippen LogP contribution in [0.25, 0.3) is 5.57 Å². The molecule has 3 N–H and O–H groups in total. The molecule has 3 amide bonds. The summed E-state index contributed by atoms with van der Waals surface area (Å²) >= 11 is 0. The second-order valence-electron chi connectivity index (χ2n) is 8.29. The number of unbranched alkanes of at least 4 members (excludes halogenated alkanes) is 1. The summed E-state index contributed by atoms with van der Waals surface area (Å²) < 4.78 is 11.1. The van der Waals surface area contributed by atoms with Gasteiger partial charge < -0.3 is 25.4 Å². The van der Waals surface area contributed by atoms with Crippen LogP contribution in [0.15, 0.2) is 30.3 Å². The monoisotopic (exact) mass is 495 g/mol. The van der Waals surface area contributed by atoms with Crippen LogP contribution in [0.4, 0.5) is 0 Å². The number of nitrogens with one attached hydrogen (secondary N) is 3. The molecule has 0 aliphatic rings. The number of methoxy groups -OCH3 is 2. The molecule has 0 saturated heterocycles. The fraction of sp³-hybridized carbons (Fsp3) is 0.393. The first-order chi connectivity index (χ1) is 17.3. The third-order valence-corrected chi connectivity index (χ3v) is 6.03. The summed E-state index contributed by atoms with van der Waals surface area (Å²) in [6, 6.07) is 7.57. The van der Waals surface area contributed by atoms with Gasteiger partial charge in [-0.15, -0.1) is 0 Å². The van der Waals surface area contributed by atoms with Gasteiger partial charge in [-0.2, -0.15) is 0 Å². The zero-order valence-corrected chi connectivity index (χ0v) is 22.3. The van der Waals surface area contributed by atoms with E-state index >= 15 is 0 Å². The van der Waals surface area contributed by atoms with Gasteiger partial charge in [-0.05, 0) is 78.3 Å². The second-order valence-corrected chi connectivity index (χ2v) is 8.29. The van der Waals surface area contributed by atoms with Crippen LogP contribution in [-0.2, 0) is 11.2 Å². The lowest BCUT2D eigenvalue weighted by Crippen LogP contribution is -2.20. The molecule has 8 nitrogen and oxygen atoms in total. The van der Waals surface area contributed by atoms with Crippen LogP contribution >= 0.6 is 0 Å². The fourth-order valence-electron chi connectivity index (χ4n) is 4.19. The molecule has 36 heavy (non-hydrogen) atoms. The largest absolute Gasteiger partial charge is 0.496 e. The molecule has 2 aromatic rings. The number of hydrogen-bond acceptors (Lipinski definition) is 5. The maximum absolute atomic E-state index is 12.7. The van der Waals surface area contributed by atoms with Crippen LogP contribution < -0.4 is 25.4 Å². The molecule has 0 fully saturated rings. The molecule has 0 aromatic heterocycles. The van der Waals surface area contributed by atoms with Crippen molar-refractivity contribution in [2.24, 2.45) is 0 Å². The number of allylic oxidation sites excluding steroid dienone is 1. The normalized spacial score (nSPS) is 11.0. The number of carbonyl (C=O) groups is 3. The van der Waals surface area contributed by atoms with Crippen molar-refractivity contribution in [2.75, 3.05) is 35.4 Å². The smallest absolute Gasteiger partial charge is 0.254 e. The minimum Gasteiger partial charge on any atom is -0.496 e. The molecule has 8 heteroatoms. The van der Waals surface area contributed by atoms with E-state index in [4.69, 9.17) is 9.47 Å². The van der Waals surface area contributed by atoms with Crippen LogP contribution in [-0.4, -0.2) is 53.1 Å². The van der Waals surface area contributed by atoms with Gasteiger partial charge in [-0.25, -0.2) is 0 Å². The van der Waals surface area contributed by atoms with Crippen molar-refractivity contribution in [3.63, 3.8) is 0 Å². The highest BCUT2D eigenvalue weighted by Crippen LogP contribution is 2.35. The number of amides is 3. The number of benzene rings is 2. The van der Waals surface area contributed by atoms with E-state index < -0.39 is 0 Å². The highest BCUT2D eigenvalue weighted by molar-refractivity contribution is 6.00. The van der Waals surface area contributed by atoms with E-state index in [0.717, 1.165) is 27.8 Å². The van der Waals surface area contributed by atoms with E-state index in [2.05, 4.69) is 16.0 Å². The third kappa shape index (κ3) is 6.44. The molecule has 2 aromatic carbocycles. The van der Waals surface area contributed by atoms with E-state index in [1.165, 1.54) is 7.11 Å². The summed E-state index contributed by atoms with van der Waals surface area (Å²) in [5.41, 5.74) is 5.03. The molecule has 0 aliphatic heterocycles. The highest BCUT2D eigenvalue weighted by atomic mass is 16.5. The third-order valence-electron chi connectivity index (χ3n) is 6.03. The Balaban J connectivity index is 2.78. The fourth-order valence-corrected chi connectivity index (χ4v) is 4.19. The summed E-state index contributed by atoms with van der Waals surface area (Å²) in [7, 11) is 7.87. The maximum Gasteiger partial charge on any atom is 0.254 e. The van der Waals surface area contributed by atoms with Crippen molar-refractivity contribution >= 4 is 23.3 Å². The van der Waals surface area contributed by atoms with Crippen molar-refractivity contribution in [1.82, 2.24) is 16.0 Å². The summed E-state index contributed by atoms with van der Waals surface area (Å²) in [6.45, 7) is 3.89. The van der Waals surface area contributed by atoms with Gasteiger partial charge in [0, 0.05) is 27.6 Å². The first-order valence-corrected chi connectivity index (χ1v) is 12.0. The van der Waals surface area contributed by atoms with Gasteiger partial charge in [0.1, 0.15) is 11.5 Å². The number of rotatable bonds is 11. The average Bonchev–Trinajstić information content (AvgIpc) is 2.90. The SMILES string of the molecule is CCc1cc(/C(=C/CCCC(=O)NC)c2cc(C)c(OC)c(C(=O)NC)c2)cc(C(=O)NC)c1OC. The van der Waals surface area contributed by atoms with Crippen LogP contribution in [0.5, 0.6) is 11.5 Å². The predicted molar refractivity (Wildman–Crippen MR) is 142 cm³/mol. The van der Waals surface area contributed by atoms with Crippen molar-refractivity contribution < 1.29 is 23.9 Å². The Bertz CT molecular complexity index is 1150. The lowest BCUT2D eigenvalue weighted by atomic mass is 9.89. The first-order valence-electron chi connectivity index (χ1n) is 12.0. The van der Waals surface area contributed by atoms with Gasteiger partial charge in [0.15, 0.2) is 0 Å². The number of aryl methyl sites for hydroxylation is 2.